The molecule has 0 fully saturated rings. The van der Waals surface area contributed by atoms with Crippen LogP contribution in [0.3, 0.4) is 0 Å². The summed E-state index contributed by atoms with van der Waals surface area (Å²) in [7, 11) is 0. The third-order valence-electron chi connectivity index (χ3n) is 2.91. The van der Waals surface area contributed by atoms with Crippen molar-refractivity contribution in [1.29, 1.82) is 0 Å². The molecule has 0 atom stereocenters. The van der Waals surface area contributed by atoms with E-state index >= 15 is 0 Å². The van der Waals surface area contributed by atoms with Crippen molar-refractivity contribution >= 4 is 11.8 Å². The molecule has 0 saturated heterocycles. The second-order valence-corrected chi connectivity index (χ2v) is 4.69. The van der Waals surface area contributed by atoms with Gasteiger partial charge in [0.25, 0.3) is 0 Å². The number of carboxylic acid groups (broad SMARTS) is 1. The standard InChI is InChI=1S/C17H14O6/c18-13-6-12(15(19)9-16(20)17(21)22)7-14(8-13)23-10-11-4-2-1-3-5-11/h1-9,18,20H,10H2,(H,21,22)/b16-9-. The quantitative estimate of drug-likeness (QED) is 0.430. The van der Waals surface area contributed by atoms with Gasteiger partial charge < -0.3 is 20.1 Å². The van der Waals surface area contributed by atoms with Crippen molar-refractivity contribution < 1.29 is 29.6 Å². The molecule has 0 bridgehead atoms. The Balaban J connectivity index is 2.17. The van der Waals surface area contributed by atoms with E-state index in [-0.39, 0.29) is 23.7 Å². The first kappa shape index (κ1) is 16.1. The maximum Gasteiger partial charge on any atom is 0.371 e. The fourth-order valence-electron chi connectivity index (χ4n) is 1.82. The number of aromatic hydroxyl groups is 1. The zero-order valence-electron chi connectivity index (χ0n) is 12.0. The molecule has 0 aliphatic rings. The van der Waals surface area contributed by atoms with Crippen LogP contribution in [0.1, 0.15) is 15.9 Å². The van der Waals surface area contributed by atoms with E-state index in [2.05, 4.69) is 0 Å². The minimum atomic E-state index is -1.61. The Labute approximate surface area is 131 Å². The lowest BCUT2D eigenvalue weighted by Crippen LogP contribution is -2.04. The maximum absolute atomic E-state index is 11.9. The molecule has 0 amide bonds. The number of hydrogen-bond acceptors (Lipinski definition) is 5. The van der Waals surface area contributed by atoms with Crippen molar-refractivity contribution in [2.45, 2.75) is 6.61 Å². The number of aliphatic carboxylic acids is 1. The number of phenolic OH excluding ortho intramolecular Hbond substituents is 1. The van der Waals surface area contributed by atoms with Crippen LogP contribution in [0.4, 0.5) is 0 Å². The van der Waals surface area contributed by atoms with E-state index < -0.39 is 17.5 Å². The van der Waals surface area contributed by atoms with Crippen LogP contribution in [-0.4, -0.2) is 27.1 Å². The van der Waals surface area contributed by atoms with Crippen LogP contribution in [0.25, 0.3) is 0 Å². The van der Waals surface area contributed by atoms with Gasteiger partial charge in [-0.15, -0.1) is 0 Å². The summed E-state index contributed by atoms with van der Waals surface area (Å²) in [6.07, 6.45) is 0.568. The highest BCUT2D eigenvalue weighted by Gasteiger charge is 2.12. The van der Waals surface area contributed by atoms with Gasteiger partial charge in [0.2, 0.25) is 5.76 Å². The summed E-state index contributed by atoms with van der Waals surface area (Å²) in [5.74, 6) is -3.41. The van der Waals surface area contributed by atoms with Crippen molar-refractivity contribution in [1.82, 2.24) is 0 Å². The topological polar surface area (TPSA) is 104 Å². The third-order valence-corrected chi connectivity index (χ3v) is 2.91. The van der Waals surface area contributed by atoms with Gasteiger partial charge in [0.05, 0.1) is 0 Å². The van der Waals surface area contributed by atoms with Crippen LogP contribution in [0, 0.1) is 0 Å². The fraction of sp³-hybridized carbons (Fsp3) is 0.0588. The number of aliphatic hydroxyl groups excluding tert-OH is 1. The van der Waals surface area contributed by atoms with Crippen molar-refractivity contribution in [2.24, 2.45) is 0 Å². The predicted molar refractivity (Wildman–Crippen MR) is 81.6 cm³/mol. The highest BCUT2D eigenvalue weighted by Crippen LogP contribution is 2.23. The summed E-state index contributed by atoms with van der Waals surface area (Å²) in [6, 6.07) is 13.2. The Morgan fingerprint density at radius 2 is 1.74 bits per heavy atom. The van der Waals surface area contributed by atoms with Crippen LogP contribution >= 0.6 is 0 Å². The first-order valence-electron chi connectivity index (χ1n) is 6.65. The van der Waals surface area contributed by atoms with Crippen LogP contribution in [-0.2, 0) is 11.4 Å². The summed E-state index contributed by atoms with van der Waals surface area (Å²) >= 11 is 0. The summed E-state index contributed by atoms with van der Waals surface area (Å²) in [5.41, 5.74) is 0.910. The zero-order valence-corrected chi connectivity index (χ0v) is 12.0. The van der Waals surface area contributed by atoms with Gasteiger partial charge in [-0.1, -0.05) is 30.3 Å². The van der Waals surface area contributed by atoms with Crippen molar-refractivity contribution in [2.75, 3.05) is 0 Å². The molecule has 0 radical (unpaired) electrons. The van der Waals surface area contributed by atoms with Gasteiger partial charge in [-0.05, 0) is 17.7 Å². The van der Waals surface area contributed by atoms with Crippen molar-refractivity contribution in [3.63, 3.8) is 0 Å². The molecular formula is C17H14O6. The monoisotopic (exact) mass is 314 g/mol. The molecule has 3 N–H and O–H groups in total. The van der Waals surface area contributed by atoms with E-state index in [9.17, 15) is 14.7 Å². The zero-order chi connectivity index (χ0) is 16.8. The van der Waals surface area contributed by atoms with Crippen LogP contribution < -0.4 is 4.74 Å². The van der Waals surface area contributed by atoms with Crippen LogP contribution in [0.5, 0.6) is 11.5 Å². The lowest BCUT2D eigenvalue weighted by molar-refractivity contribution is -0.135. The normalized spacial score (nSPS) is 11.0. The summed E-state index contributed by atoms with van der Waals surface area (Å²) in [5, 5.41) is 27.3. The number of carboxylic acids is 1. The number of hydrogen-bond donors (Lipinski definition) is 3. The molecule has 6 heteroatoms. The molecule has 0 aromatic heterocycles. The van der Waals surface area contributed by atoms with Gasteiger partial charge in [-0.25, -0.2) is 4.79 Å². The van der Waals surface area contributed by atoms with Gasteiger partial charge in [-0.2, -0.15) is 0 Å². The smallest absolute Gasteiger partial charge is 0.371 e. The molecule has 0 heterocycles. The second kappa shape index (κ2) is 7.13. The van der Waals surface area contributed by atoms with Crippen LogP contribution in [0.15, 0.2) is 60.4 Å². The molecule has 23 heavy (non-hydrogen) atoms. The number of allylic oxidation sites excluding steroid dienone is 1. The van der Waals surface area contributed by atoms with E-state index in [1.807, 2.05) is 30.3 Å². The van der Waals surface area contributed by atoms with E-state index in [1.165, 1.54) is 12.1 Å². The Hall–Kier alpha value is -3.28. The molecule has 0 saturated carbocycles. The molecule has 118 valence electrons. The Morgan fingerprint density at radius 1 is 1.04 bits per heavy atom. The van der Waals surface area contributed by atoms with Gasteiger partial charge in [-0.3, -0.25) is 4.79 Å². The number of carbonyl (C=O) groups is 2. The first-order chi connectivity index (χ1) is 11.0. The minimum Gasteiger partial charge on any atom is -0.508 e. The summed E-state index contributed by atoms with van der Waals surface area (Å²) in [6.45, 7) is 0.244. The van der Waals surface area contributed by atoms with Gasteiger partial charge in [0, 0.05) is 17.7 Å². The molecule has 0 unspecified atom stereocenters. The van der Waals surface area contributed by atoms with Crippen LogP contribution in [0.2, 0.25) is 0 Å². The summed E-state index contributed by atoms with van der Waals surface area (Å²) in [4.78, 5) is 22.4. The molecule has 6 nitrogen and oxygen atoms in total. The average molecular weight is 314 g/mol. The molecule has 2 aromatic rings. The Morgan fingerprint density at radius 3 is 2.39 bits per heavy atom. The lowest BCUT2D eigenvalue weighted by atomic mass is 10.1. The van der Waals surface area contributed by atoms with E-state index in [4.69, 9.17) is 14.9 Å². The molecule has 0 spiro atoms. The largest absolute Gasteiger partial charge is 0.508 e. The maximum atomic E-state index is 11.9. The number of rotatable bonds is 6. The number of carbonyl (C=O) groups excluding carboxylic acids is 1. The molecular weight excluding hydrogens is 300 g/mol. The number of aliphatic hydroxyl groups is 1. The number of ether oxygens (including phenoxy) is 1. The summed E-state index contributed by atoms with van der Waals surface area (Å²) < 4.78 is 5.50. The van der Waals surface area contributed by atoms with Gasteiger partial charge >= 0.3 is 5.97 Å². The highest BCUT2D eigenvalue weighted by molar-refractivity contribution is 6.08. The number of benzene rings is 2. The van der Waals surface area contributed by atoms with Gasteiger partial charge in [0.15, 0.2) is 5.78 Å². The lowest BCUT2D eigenvalue weighted by Gasteiger charge is -2.08. The van der Waals surface area contributed by atoms with E-state index in [1.54, 1.807) is 0 Å². The van der Waals surface area contributed by atoms with Crippen molar-refractivity contribution in [3.05, 3.63) is 71.5 Å². The minimum absolute atomic E-state index is 0.000798. The number of phenols is 1. The highest BCUT2D eigenvalue weighted by atomic mass is 16.5. The second-order valence-electron chi connectivity index (χ2n) is 4.69. The first-order valence-corrected chi connectivity index (χ1v) is 6.65. The Bertz CT molecular complexity index is 749. The predicted octanol–water partition coefficient (Wildman–Crippen LogP) is 2.68. The van der Waals surface area contributed by atoms with E-state index in [0.717, 1.165) is 11.6 Å². The van der Waals surface area contributed by atoms with Gasteiger partial charge in [0.1, 0.15) is 18.1 Å². The average Bonchev–Trinajstić information content (AvgIpc) is 2.53. The molecule has 2 rings (SSSR count). The Kier molecular flexibility index (Phi) is 4.99. The molecule has 0 aliphatic carbocycles. The molecule has 2 aromatic carbocycles. The SMILES string of the molecule is O=C(O)/C(O)=C/C(=O)c1cc(O)cc(OCc2ccccc2)c1. The fourth-order valence-corrected chi connectivity index (χ4v) is 1.82. The van der Waals surface area contributed by atoms with E-state index in [0.29, 0.717) is 6.08 Å². The number of ketones is 1. The van der Waals surface area contributed by atoms with Crippen molar-refractivity contribution in [3.8, 4) is 11.5 Å². The molecule has 0 aliphatic heterocycles. The third kappa shape index (κ3) is 4.60.